The van der Waals surface area contributed by atoms with Gasteiger partial charge in [-0.2, -0.15) is 0 Å². The summed E-state index contributed by atoms with van der Waals surface area (Å²) >= 11 is 3.00. The van der Waals surface area contributed by atoms with E-state index in [0.717, 1.165) is 0 Å². The zero-order valence-corrected chi connectivity index (χ0v) is 7.54. The smallest absolute Gasteiger partial charge is 0.285 e. The van der Waals surface area contributed by atoms with E-state index in [1.165, 1.54) is 12.1 Å². The molecule has 0 saturated heterocycles. The Kier molecular flexibility index (Phi) is 2.18. The van der Waals surface area contributed by atoms with Gasteiger partial charge in [0.25, 0.3) is 5.69 Å². The second kappa shape index (κ2) is 2.98. The van der Waals surface area contributed by atoms with Crippen LogP contribution in [0.2, 0.25) is 0 Å². The van der Waals surface area contributed by atoms with E-state index >= 15 is 0 Å². The van der Waals surface area contributed by atoms with Gasteiger partial charge >= 0.3 is 0 Å². The van der Waals surface area contributed by atoms with E-state index < -0.39 is 4.92 Å². The first kappa shape index (κ1) is 8.79. The van der Waals surface area contributed by atoms with Gasteiger partial charge in [0, 0.05) is 6.07 Å². The number of nitrogens with zero attached hydrogens (tertiary/aromatic N) is 1. The number of nitro groups is 1. The Morgan fingerprint density at radius 3 is 2.33 bits per heavy atom. The molecule has 0 aliphatic rings. The van der Waals surface area contributed by atoms with E-state index in [-0.39, 0.29) is 11.4 Å². The third kappa shape index (κ3) is 1.48. The molecule has 0 saturated carbocycles. The van der Waals surface area contributed by atoms with Crippen LogP contribution in [0.25, 0.3) is 0 Å². The van der Waals surface area contributed by atoms with Crippen molar-refractivity contribution in [1.29, 1.82) is 0 Å². The molecule has 4 N–H and O–H groups in total. The summed E-state index contributed by atoms with van der Waals surface area (Å²) in [6.45, 7) is 0. The lowest BCUT2D eigenvalue weighted by Crippen LogP contribution is -1.97. The van der Waals surface area contributed by atoms with Crippen LogP contribution in [0.5, 0.6) is 0 Å². The summed E-state index contributed by atoms with van der Waals surface area (Å²) in [5, 5.41) is 10.4. The monoisotopic (exact) mass is 231 g/mol. The van der Waals surface area contributed by atoms with Gasteiger partial charge in [-0.1, -0.05) is 0 Å². The molecule has 1 rings (SSSR count). The number of benzene rings is 1. The highest BCUT2D eigenvalue weighted by Crippen LogP contribution is 2.30. The van der Waals surface area contributed by atoms with Crippen molar-refractivity contribution in [3.8, 4) is 0 Å². The number of rotatable bonds is 1. The van der Waals surface area contributed by atoms with Gasteiger partial charge in [0.15, 0.2) is 0 Å². The van der Waals surface area contributed by atoms with Gasteiger partial charge in [-0.25, -0.2) is 0 Å². The molecule has 5 nitrogen and oxygen atoms in total. The fourth-order valence-corrected chi connectivity index (χ4v) is 1.24. The van der Waals surface area contributed by atoms with Crippen molar-refractivity contribution in [3.63, 3.8) is 0 Å². The molecule has 0 atom stereocenters. The second-order valence-corrected chi connectivity index (χ2v) is 3.04. The molecule has 0 radical (unpaired) electrons. The summed E-state index contributed by atoms with van der Waals surface area (Å²) in [4.78, 5) is 9.84. The van der Waals surface area contributed by atoms with Gasteiger partial charge in [-0.15, -0.1) is 0 Å². The van der Waals surface area contributed by atoms with Gasteiger partial charge in [0.05, 0.1) is 20.8 Å². The number of nitrogen functional groups attached to an aromatic ring is 2. The highest BCUT2D eigenvalue weighted by atomic mass is 79.9. The summed E-state index contributed by atoms with van der Waals surface area (Å²) in [6.07, 6.45) is 0. The lowest BCUT2D eigenvalue weighted by molar-refractivity contribution is -0.385. The topological polar surface area (TPSA) is 95.2 Å². The molecule has 1 aromatic carbocycles. The van der Waals surface area contributed by atoms with Crippen molar-refractivity contribution in [2.24, 2.45) is 0 Å². The minimum Gasteiger partial charge on any atom is -0.397 e. The zero-order chi connectivity index (χ0) is 9.30. The Morgan fingerprint density at radius 1 is 1.33 bits per heavy atom. The standard InChI is InChI=1S/C6H6BrN3O2/c7-3-1-4(8)5(9)2-6(3)10(11)12/h1-2H,8-9H2. The number of hydrogen-bond donors (Lipinski definition) is 2. The van der Waals surface area contributed by atoms with Crippen LogP contribution >= 0.6 is 15.9 Å². The minimum absolute atomic E-state index is 0.0818. The predicted octanol–water partition coefficient (Wildman–Crippen LogP) is 1.52. The highest BCUT2D eigenvalue weighted by Gasteiger charge is 2.13. The third-order valence-electron chi connectivity index (χ3n) is 1.35. The van der Waals surface area contributed by atoms with Crippen molar-refractivity contribution in [2.45, 2.75) is 0 Å². The number of nitro benzene ring substituents is 1. The van der Waals surface area contributed by atoms with Crippen molar-refractivity contribution < 1.29 is 4.92 Å². The normalized spacial score (nSPS) is 9.75. The maximum Gasteiger partial charge on any atom is 0.285 e. The summed E-state index contributed by atoms with van der Waals surface area (Å²) < 4.78 is 0.333. The molecular weight excluding hydrogens is 226 g/mol. The molecule has 0 fully saturated rings. The molecular formula is C6H6BrN3O2. The van der Waals surface area contributed by atoms with Crippen LogP contribution in [-0.4, -0.2) is 4.92 Å². The quantitative estimate of drug-likeness (QED) is 0.435. The van der Waals surface area contributed by atoms with Gasteiger partial charge in [0.1, 0.15) is 0 Å². The molecule has 64 valence electrons. The van der Waals surface area contributed by atoms with Gasteiger partial charge in [-0.3, -0.25) is 10.1 Å². The first-order chi connectivity index (χ1) is 5.52. The van der Waals surface area contributed by atoms with E-state index in [1.807, 2.05) is 0 Å². The fraction of sp³-hybridized carbons (Fsp3) is 0. The van der Waals surface area contributed by atoms with Crippen LogP contribution in [0.1, 0.15) is 0 Å². The van der Waals surface area contributed by atoms with Crippen LogP contribution < -0.4 is 11.5 Å². The number of halogens is 1. The third-order valence-corrected chi connectivity index (χ3v) is 1.98. The zero-order valence-electron chi connectivity index (χ0n) is 5.95. The van der Waals surface area contributed by atoms with Crippen molar-refractivity contribution >= 4 is 33.0 Å². The van der Waals surface area contributed by atoms with Crippen LogP contribution in [0, 0.1) is 10.1 Å². The molecule has 0 heterocycles. The molecule has 0 spiro atoms. The molecule has 0 bridgehead atoms. The Labute approximate surface area is 76.6 Å². The van der Waals surface area contributed by atoms with E-state index in [2.05, 4.69) is 15.9 Å². The summed E-state index contributed by atoms with van der Waals surface area (Å²) in [5.74, 6) is 0. The molecule has 0 aromatic heterocycles. The highest BCUT2D eigenvalue weighted by molar-refractivity contribution is 9.10. The Bertz CT molecular complexity index is 340. The maximum absolute atomic E-state index is 10.4. The van der Waals surface area contributed by atoms with Gasteiger partial charge < -0.3 is 11.5 Å². The molecule has 0 aliphatic heterocycles. The van der Waals surface area contributed by atoms with Crippen LogP contribution in [0.3, 0.4) is 0 Å². The van der Waals surface area contributed by atoms with E-state index in [0.29, 0.717) is 10.2 Å². The summed E-state index contributed by atoms with van der Waals surface area (Å²) in [5.41, 5.74) is 11.2. The van der Waals surface area contributed by atoms with Crippen LogP contribution in [0.4, 0.5) is 17.1 Å². The number of anilines is 2. The van der Waals surface area contributed by atoms with Crippen molar-refractivity contribution in [2.75, 3.05) is 11.5 Å². The van der Waals surface area contributed by atoms with Gasteiger partial charge in [0.2, 0.25) is 0 Å². The number of hydrogen-bond acceptors (Lipinski definition) is 4. The Balaban J connectivity index is 3.33. The summed E-state index contributed by atoms with van der Waals surface area (Å²) in [6, 6.07) is 2.63. The minimum atomic E-state index is -0.528. The average Bonchev–Trinajstić information content (AvgIpc) is 1.96. The first-order valence-corrected chi connectivity index (χ1v) is 3.80. The molecule has 0 aliphatic carbocycles. The van der Waals surface area contributed by atoms with E-state index in [9.17, 15) is 10.1 Å². The molecule has 12 heavy (non-hydrogen) atoms. The maximum atomic E-state index is 10.4. The lowest BCUT2D eigenvalue weighted by Gasteiger charge is -2.00. The lowest BCUT2D eigenvalue weighted by atomic mass is 10.2. The molecule has 6 heteroatoms. The molecule has 0 amide bonds. The van der Waals surface area contributed by atoms with E-state index in [4.69, 9.17) is 11.5 Å². The fourth-order valence-electron chi connectivity index (χ4n) is 0.733. The largest absolute Gasteiger partial charge is 0.397 e. The Hall–Kier alpha value is -1.30. The predicted molar refractivity (Wildman–Crippen MR) is 49.6 cm³/mol. The average molecular weight is 232 g/mol. The second-order valence-electron chi connectivity index (χ2n) is 2.19. The number of nitrogens with two attached hydrogens (primary N) is 2. The SMILES string of the molecule is Nc1cc(Br)c([N+](=O)[O-])cc1N. The van der Waals surface area contributed by atoms with Crippen LogP contribution in [-0.2, 0) is 0 Å². The molecule has 1 aromatic rings. The van der Waals surface area contributed by atoms with Gasteiger partial charge in [-0.05, 0) is 22.0 Å². The van der Waals surface area contributed by atoms with E-state index in [1.54, 1.807) is 0 Å². The summed E-state index contributed by atoms with van der Waals surface area (Å²) in [7, 11) is 0. The Morgan fingerprint density at radius 2 is 1.83 bits per heavy atom. The van der Waals surface area contributed by atoms with Crippen molar-refractivity contribution in [3.05, 3.63) is 26.7 Å². The molecule has 0 unspecified atom stereocenters. The van der Waals surface area contributed by atoms with Crippen molar-refractivity contribution in [1.82, 2.24) is 0 Å². The first-order valence-electron chi connectivity index (χ1n) is 3.01. The van der Waals surface area contributed by atoms with Crippen LogP contribution in [0.15, 0.2) is 16.6 Å².